The monoisotopic (exact) mass is 337 g/mol. The number of Topliss-reactive ketones (excluding diaryl/α,β-unsaturated/α-hetero) is 1. The summed E-state index contributed by atoms with van der Waals surface area (Å²) in [4.78, 5) is 14.9. The Morgan fingerprint density at radius 3 is 2.52 bits per heavy atom. The van der Waals surface area contributed by atoms with E-state index in [9.17, 15) is 9.90 Å². The summed E-state index contributed by atoms with van der Waals surface area (Å²) in [5, 5.41) is 10.2. The van der Waals surface area contributed by atoms with Gasteiger partial charge in [0.15, 0.2) is 11.5 Å². The highest BCUT2D eigenvalue weighted by molar-refractivity contribution is 5.86. The average Bonchev–Trinajstić information content (AvgIpc) is 2.62. The molecular weight excluding hydrogens is 314 g/mol. The number of hydrogen-bond acceptors (Lipinski definition) is 4. The first-order valence-electron chi connectivity index (χ1n) is 8.83. The van der Waals surface area contributed by atoms with Gasteiger partial charge < -0.3 is 14.7 Å². The van der Waals surface area contributed by atoms with Crippen molar-refractivity contribution in [3.63, 3.8) is 0 Å². The lowest BCUT2D eigenvalue weighted by Gasteiger charge is -2.52. The van der Waals surface area contributed by atoms with Crippen LogP contribution in [0.25, 0.3) is 0 Å². The van der Waals surface area contributed by atoms with Crippen molar-refractivity contribution in [3.05, 3.63) is 53.6 Å². The molecule has 25 heavy (non-hydrogen) atoms. The zero-order valence-electron chi connectivity index (χ0n) is 14.6. The number of nitrogens with zero attached hydrogens (tertiary/aromatic N) is 1. The smallest absolute Gasteiger partial charge is 0.160 e. The number of phenols is 1. The normalized spacial score (nSPS) is 25.3. The molecule has 5 rings (SSSR count). The fraction of sp³-hybridized carbons (Fsp3) is 0.381. The molecule has 2 aromatic carbocycles. The van der Waals surface area contributed by atoms with Crippen LogP contribution >= 0.6 is 0 Å². The molecule has 2 heterocycles. The van der Waals surface area contributed by atoms with E-state index >= 15 is 0 Å². The molecular formula is C21H23NO3. The molecule has 3 aliphatic rings. The van der Waals surface area contributed by atoms with E-state index in [0.717, 1.165) is 24.1 Å². The quantitative estimate of drug-likeness (QED) is 0.919. The van der Waals surface area contributed by atoms with Crippen molar-refractivity contribution in [1.82, 2.24) is 0 Å². The highest BCUT2D eigenvalue weighted by Gasteiger charge is 2.47. The Morgan fingerprint density at radius 1 is 1.12 bits per heavy atom. The van der Waals surface area contributed by atoms with Gasteiger partial charge in [-0.3, -0.25) is 4.79 Å². The second kappa shape index (κ2) is 6.10. The zero-order valence-corrected chi connectivity index (χ0v) is 14.6. The van der Waals surface area contributed by atoms with Crippen LogP contribution in [-0.2, 0) is 4.79 Å². The predicted molar refractivity (Wildman–Crippen MR) is 97.2 cm³/mol. The molecule has 3 atom stereocenters. The van der Waals surface area contributed by atoms with Crippen LogP contribution in [0.3, 0.4) is 0 Å². The van der Waals surface area contributed by atoms with E-state index in [1.807, 2.05) is 6.07 Å². The van der Waals surface area contributed by atoms with Crippen molar-refractivity contribution < 1.29 is 14.6 Å². The molecule has 1 aliphatic carbocycles. The summed E-state index contributed by atoms with van der Waals surface area (Å²) < 4.78 is 5.16. The van der Waals surface area contributed by atoms with Gasteiger partial charge in [-0.2, -0.15) is 0 Å². The topological polar surface area (TPSA) is 49.8 Å². The number of hydrogen-bond donors (Lipinski definition) is 1. The number of piperidine rings is 2. The number of anilines is 1. The van der Waals surface area contributed by atoms with E-state index in [0.29, 0.717) is 18.0 Å². The third-order valence-electron chi connectivity index (χ3n) is 5.61. The molecule has 1 N–H and O–H groups in total. The molecule has 0 amide bonds. The number of phenolic OH excluding ortho intramolecular Hbond substituents is 1. The fourth-order valence-corrected chi connectivity index (χ4v) is 4.38. The first kappa shape index (κ1) is 16.0. The molecule has 4 nitrogen and oxygen atoms in total. The van der Waals surface area contributed by atoms with Crippen LogP contribution < -0.4 is 9.64 Å². The van der Waals surface area contributed by atoms with Crippen LogP contribution in [0.4, 0.5) is 5.69 Å². The molecule has 2 bridgehead atoms. The van der Waals surface area contributed by atoms with Gasteiger partial charge in [-0.25, -0.2) is 0 Å². The van der Waals surface area contributed by atoms with Crippen molar-refractivity contribution in [2.24, 2.45) is 5.92 Å². The summed E-state index contributed by atoms with van der Waals surface area (Å²) in [5.41, 5.74) is 3.34. The Bertz CT molecular complexity index is 799. The van der Waals surface area contributed by atoms with E-state index in [2.05, 4.69) is 36.1 Å². The number of aromatic hydroxyl groups is 1. The molecule has 2 saturated heterocycles. The lowest BCUT2D eigenvalue weighted by molar-refractivity contribution is -0.128. The van der Waals surface area contributed by atoms with Gasteiger partial charge in [-0.05, 0) is 49.6 Å². The number of carbonyl (C=O) groups excluding carboxylic acids is 1. The first-order chi connectivity index (χ1) is 12.1. The van der Waals surface area contributed by atoms with Gasteiger partial charge in [-0.15, -0.1) is 0 Å². The maximum atomic E-state index is 12.6. The van der Waals surface area contributed by atoms with Gasteiger partial charge in [0.25, 0.3) is 0 Å². The standard InChI is InChI=1S/C21H23NO3/c1-13-3-6-15(7-4-13)22-16-8-9-17(18(23)12-16)21(22)14-5-10-20(25-2)19(24)11-14/h3-7,10-11,16-17,21,24H,8-9,12H2,1-2H3. The fourth-order valence-electron chi connectivity index (χ4n) is 4.38. The highest BCUT2D eigenvalue weighted by atomic mass is 16.5. The molecule has 0 spiro atoms. The van der Waals surface area contributed by atoms with Crippen LogP contribution in [0.15, 0.2) is 42.5 Å². The molecule has 0 aromatic heterocycles. The Morgan fingerprint density at radius 2 is 1.88 bits per heavy atom. The molecule has 130 valence electrons. The Balaban J connectivity index is 1.79. The zero-order chi connectivity index (χ0) is 17.6. The summed E-state index contributed by atoms with van der Waals surface area (Å²) in [5.74, 6) is 0.912. The number of methoxy groups -OCH3 is 1. The minimum absolute atomic E-state index is 0.0147. The second-order valence-corrected chi connectivity index (χ2v) is 7.13. The van der Waals surface area contributed by atoms with Gasteiger partial charge in [0.05, 0.1) is 13.2 Å². The van der Waals surface area contributed by atoms with Crippen LogP contribution in [0.1, 0.15) is 36.4 Å². The van der Waals surface area contributed by atoms with Gasteiger partial charge in [0.2, 0.25) is 0 Å². The number of aryl methyl sites for hydroxylation is 1. The van der Waals surface area contributed by atoms with Crippen molar-refractivity contribution in [2.45, 2.75) is 38.3 Å². The Hall–Kier alpha value is -2.49. The van der Waals surface area contributed by atoms with Gasteiger partial charge in [-0.1, -0.05) is 23.8 Å². The Kier molecular flexibility index (Phi) is 3.91. The molecule has 2 aliphatic heterocycles. The van der Waals surface area contributed by atoms with Crippen molar-refractivity contribution in [2.75, 3.05) is 12.0 Å². The summed E-state index contributed by atoms with van der Waals surface area (Å²) in [6.07, 6.45) is 2.59. The van der Waals surface area contributed by atoms with E-state index in [1.165, 1.54) is 5.56 Å². The van der Waals surface area contributed by atoms with Crippen LogP contribution in [0.5, 0.6) is 11.5 Å². The van der Waals surface area contributed by atoms with E-state index < -0.39 is 0 Å². The third kappa shape index (κ3) is 2.66. The SMILES string of the molecule is COc1ccc(C2C3CCC(CC3=O)N2c2ccc(C)cc2)cc1O. The number of carbonyl (C=O) groups is 1. The van der Waals surface area contributed by atoms with E-state index in [-0.39, 0.29) is 23.8 Å². The maximum absolute atomic E-state index is 12.6. The molecule has 3 fully saturated rings. The number of fused-ring (bicyclic) bond motifs is 3. The van der Waals surface area contributed by atoms with Gasteiger partial charge in [0, 0.05) is 24.1 Å². The number of benzene rings is 2. The maximum Gasteiger partial charge on any atom is 0.160 e. The highest BCUT2D eigenvalue weighted by Crippen LogP contribution is 2.48. The van der Waals surface area contributed by atoms with Crippen molar-refractivity contribution >= 4 is 11.5 Å². The summed E-state index contributed by atoms with van der Waals surface area (Å²) in [6, 6.07) is 14.2. The first-order valence-corrected chi connectivity index (χ1v) is 8.83. The Labute approximate surface area is 148 Å². The lowest BCUT2D eigenvalue weighted by atomic mass is 9.71. The van der Waals surface area contributed by atoms with E-state index in [1.54, 1.807) is 19.2 Å². The lowest BCUT2D eigenvalue weighted by Crippen LogP contribution is -2.54. The number of ketones is 1. The third-order valence-corrected chi connectivity index (χ3v) is 5.61. The molecule has 0 radical (unpaired) electrons. The number of rotatable bonds is 3. The van der Waals surface area contributed by atoms with Crippen molar-refractivity contribution in [3.8, 4) is 11.5 Å². The van der Waals surface area contributed by atoms with Gasteiger partial charge in [0.1, 0.15) is 5.78 Å². The van der Waals surface area contributed by atoms with Crippen LogP contribution in [0.2, 0.25) is 0 Å². The molecule has 1 saturated carbocycles. The number of ether oxygens (including phenoxy) is 1. The molecule has 4 heteroatoms. The van der Waals surface area contributed by atoms with Gasteiger partial charge >= 0.3 is 0 Å². The summed E-state index contributed by atoms with van der Waals surface area (Å²) in [6.45, 7) is 2.08. The van der Waals surface area contributed by atoms with Crippen LogP contribution in [0, 0.1) is 12.8 Å². The summed E-state index contributed by atoms with van der Waals surface area (Å²) in [7, 11) is 1.54. The van der Waals surface area contributed by atoms with Crippen molar-refractivity contribution in [1.29, 1.82) is 0 Å². The second-order valence-electron chi connectivity index (χ2n) is 7.13. The van der Waals surface area contributed by atoms with Crippen LogP contribution in [-0.4, -0.2) is 24.0 Å². The largest absolute Gasteiger partial charge is 0.504 e. The summed E-state index contributed by atoms with van der Waals surface area (Å²) >= 11 is 0. The molecule has 3 unspecified atom stereocenters. The molecule has 2 aromatic rings. The van der Waals surface area contributed by atoms with E-state index in [4.69, 9.17) is 4.74 Å². The minimum Gasteiger partial charge on any atom is -0.504 e. The predicted octanol–water partition coefficient (Wildman–Crippen LogP) is 4.01. The minimum atomic E-state index is -0.0282. The average molecular weight is 337 g/mol.